The fraction of sp³-hybridized carbons (Fsp3) is 0.143. The van der Waals surface area contributed by atoms with Crippen molar-refractivity contribution in [2.24, 2.45) is 0 Å². The number of rotatable bonds is 12. The molecule has 1 heterocycles. The average molecular weight is 727 g/mol. The fourth-order valence-electron chi connectivity index (χ4n) is 7.28. The summed E-state index contributed by atoms with van der Waals surface area (Å²) in [4.78, 5) is 28.6. The number of carbonyl (C=O) groups is 2. The molecule has 1 aliphatic rings. The summed E-state index contributed by atoms with van der Waals surface area (Å²) in [6, 6.07) is 57.2. The molecule has 0 aliphatic carbocycles. The molecule has 0 radical (unpaired) electrons. The fourth-order valence-corrected chi connectivity index (χ4v) is 7.28. The number of benzene rings is 6. The minimum atomic E-state index is -1.62. The molecule has 0 bridgehead atoms. The van der Waals surface area contributed by atoms with Crippen LogP contribution in [0.2, 0.25) is 0 Å². The highest BCUT2D eigenvalue weighted by Gasteiger charge is 2.65. The normalized spacial score (nSPS) is 16.9. The number of hydrogen-bond donors (Lipinski definition) is 0. The SMILES string of the molecule is CC1(C)OC(C(OC(=O)/C=C/c2ccccc2)(c2ccccc2)c2ccccc2)[C@H](C(OC(=O)/C=C/c2ccccc2)(c2ccccc2)c2ccccc2)O1. The predicted octanol–water partition coefficient (Wildman–Crippen LogP) is 9.91. The van der Waals surface area contributed by atoms with E-state index in [-0.39, 0.29) is 0 Å². The van der Waals surface area contributed by atoms with E-state index >= 15 is 0 Å². The van der Waals surface area contributed by atoms with Crippen LogP contribution >= 0.6 is 0 Å². The van der Waals surface area contributed by atoms with E-state index in [4.69, 9.17) is 18.9 Å². The Morgan fingerprint density at radius 2 is 0.709 bits per heavy atom. The maximum absolute atomic E-state index is 14.3. The van der Waals surface area contributed by atoms with Crippen molar-refractivity contribution in [3.05, 3.63) is 228 Å². The van der Waals surface area contributed by atoms with E-state index in [2.05, 4.69) is 0 Å². The monoisotopic (exact) mass is 726 g/mol. The van der Waals surface area contributed by atoms with Crippen LogP contribution in [0.5, 0.6) is 0 Å². The molecule has 6 nitrogen and oxygen atoms in total. The van der Waals surface area contributed by atoms with Gasteiger partial charge in [0.1, 0.15) is 12.2 Å². The first-order valence-electron chi connectivity index (χ1n) is 18.3. The van der Waals surface area contributed by atoms with Crippen molar-refractivity contribution in [3.8, 4) is 0 Å². The van der Waals surface area contributed by atoms with E-state index in [1.807, 2.05) is 196 Å². The topological polar surface area (TPSA) is 71.1 Å². The molecule has 1 fully saturated rings. The van der Waals surface area contributed by atoms with E-state index in [1.54, 1.807) is 12.2 Å². The average Bonchev–Trinajstić information content (AvgIpc) is 3.58. The Labute approximate surface area is 322 Å². The Kier molecular flexibility index (Phi) is 11.0. The molecule has 1 saturated heterocycles. The first-order valence-corrected chi connectivity index (χ1v) is 18.3. The molecule has 6 aromatic carbocycles. The van der Waals surface area contributed by atoms with E-state index in [1.165, 1.54) is 12.2 Å². The van der Waals surface area contributed by atoms with Crippen LogP contribution in [0.25, 0.3) is 12.2 Å². The third-order valence-corrected chi connectivity index (χ3v) is 9.65. The maximum atomic E-state index is 14.3. The summed E-state index contributed by atoms with van der Waals surface area (Å²) in [6.07, 6.45) is 4.09. The summed E-state index contributed by atoms with van der Waals surface area (Å²) in [7, 11) is 0. The minimum Gasteiger partial charge on any atom is -0.443 e. The second-order valence-corrected chi connectivity index (χ2v) is 13.7. The van der Waals surface area contributed by atoms with Gasteiger partial charge in [-0.15, -0.1) is 0 Å². The van der Waals surface area contributed by atoms with Crippen molar-refractivity contribution >= 4 is 24.1 Å². The van der Waals surface area contributed by atoms with Crippen LogP contribution in [0.4, 0.5) is 0 Å². The van der Waals surface area contributed by atoms with Crippen molar-refractivity contribution in [3.63, 3.8) is 0 Å². The first-order chi connectivity index (χ1) is 26.8. The molecule has 274 valence electrons. The number of hydrogen-bond acceptors (Lipinski definition) is 6. The lowest BCUT2D eigenvalue weighted by molar-refractivity contribution is -0.185. The molecule has 0 N–H and O–H groups in total. The van der Waals surface area contributed by atoms with E-state index < -0.39 is 41.1 Å². The van der Waals surface area contributed by atoms with Gasteiger partial charge < -0.3 is 18.9 Å². The molecule has 6 aromatic rings. The Balaban J connectivity index is 1.47. The van der Waals surface area contributed by atoms with Gasteiger partial charge in [-0.25, -0.2) is 9.59 Å². The van der Waals surface area contributed by atoms with E-state index in [0.29, 0.717) is 22.3 Å². The quantitative estimate of drug-likeness (QED) is 0.0924. The molecule has 1 aliphatic heterocycles. The smallest absolute Gasteiger partial charge is 0.332 e. The number of esters is 2. The highest BCUT2D eigenvalue weighted by atomic mass is 16.8. The van der Waals surface area contributed by atoms with Crippen molar-refractivity contribution in [2.45, 2.75) is 43.0 Å². The lowest BCUT2D eigenvalue weighted by atomic mass is 9.71. The van der Waals surface area contributed by atoms with Crippen LogP contribution in [0.15, 0.2) is 194 Å². The van der Waals surface area contributed by atoms with Gasteiger partial charge in [0.15, 0.2) is 17.0 Å². The van der Waals surface area contributed by atoms with Crippen LogP contribution in [0.1, 0.15) is 47.2 Å². The molecule has 2 atom stereocenters. The van der Waals surface area contributed by atoms with Gasteiger partial charge in [0.05, 0.1) is 0 Å². The van der Waals surface area contributed by atoms with E-state index in [9.17, 15) is 9.59 Å². The predicted molar refractivity (Wildman–Crippen MR) is 214 cm³/mol. The zero-order valence-corrected chi connectivity index (χ0v) is 30.7. The molecule has 0 saturated carbocycles. The zero-order chi connectivity index (χ0) is 38.1. The van der Waals surface area contributed by atoms with Gasteiger partial charge in [-0.3, -0.25) is 0 Å². The Morgan fingerprint density at radius 3 is 0.982 bits per heavy atom. The molecule has 7 rings (SSSR count). The third kappa shape index (κ3) is 7.97. The van der Waals surface area contributed by atoms with Crippen LogP contribution in [-0.2, 0) is 39.7 Å². The molecule has 0 spiro atoms. The Morgan fingerprint density at radius 1 is 0.455 bits per heavy atom. The lowest BCUT2D eigenvalue weighted by Crippen LogP contribution is -2.57. The molecule has 55 heavy (non-hydrogen) atoms. The van der Waals surface area contributed by atoms with Gasteiger partial charge in [-0.2, -0.15) is 0 Å². The summed E-state index contributed by atoms with van der Waals surface area (Å²) < 4.78 is 27.7. The van der Waals surface area contributed by atoms with Gasteiger partial charge in [0.2, 0.25) is 0 Å². The van der Waals surface area contributed by atoms with Crippen molar-refractivity contribution in [2.75, 3.05) is 0 Å². The van der Waals surface area contributed by atoms with Gasteiger partial charge in [0, 0.05) is 34.4 Å². The van der Waals surface area contributed by atoms with E-state index in [0.717, 1.165) is 11.1 Å². The van der Waals surface area contributed by atoms with Crippen LogP contribution < -0.4 is 0 Å². The summed E-state index contributed by atoms with van der Waals surface area (Å²) in [5, 5.41) is 0. The van der Waals surface area contributed by atoms with Crippen LogP contribution in [-0.4, -0.2) is 29.9 Å². The molecule has 1 unspecified atom stereocenters. The largest absolute Gasteiger partial charge is 0.443 e. The Bertz CT molecular complexity index is 1980. The van der Waals surface area contributed by atoms with Crippen molar-refractivity contribution in [1.82, 2.24) is 0 Å². The third-order valence-electron chi connectivity index (χ3n) is 9.65. The summed E-state index contributed by atoms with van der Waals surface area (Å²) in [6.45, 7) is 3.63. The molecule has 0 amide bonds. The highest BCUT2D eigenvalue weighted by Crippen LogP contribution is 2.53. The van der Waals surface area contributed by atoms with Crippen LogP contribution in [0, 0.1) is 0 Å². The van der Waals surface area contributed by atoms with Gasteiger partial charge >= 0.3 is 11.9 Å². The summed E-state index contributed by atoms with van der Waals surface area (Å²) >= 11 is 0. The number of ether oxygens (including phenoxy) is 4. The number of carbonyl (C=O) groups excluding carboxylic acids is 2. The van der Waals surface area contributed by atoms with Gasteiger partial charge in [-0.1, -0.05) is 182 Å². The molecule has 6 heteroatoms. The second kappa shape index (κ2) is 16.4. The van der Waals surface area contributed by atoms with Crippen LogP contribution in [0.3, 0.4) is 0 Å². The van der Waals surface area contributed by atoms with Crippen molar-refractivity contribution < 1.29 is 28.5 Å². The minimum absolute atomic E-state index is 0.601. The van der Waals surface area contributed by atoms with Gasteiger partial charge in [0.25, 0.3) is 0 Å². The van der Waals surface area contributed by atoms with Crippen molar-refractivity contribution in [1.29, 1.82) is 0 Å². The first kappa shape index (κ1) is 37.0. The Hall–Kier alpha value is -6.34. The highest BCUT2D eigenvalue weighted by molar-refractivity contribution is 5.88. The zero-order valence-electron chi connectivity index (χ0n) is 30.7. The van der Waals surface area contributed by atoms with Gasteiger partial charge in [-0.05, 0) is 37.1 Å². The maximum Gasteiger partial charge on any atom is 0.332 e. The second-order valence-electron chi connectivity index (χ2n) is 13.7. The molecular weight excluding hydrogens is 685 g/mol. The summed E-state index contributed by atoms with van der Waals surface area (Å²) in [5.74, 6) is -2.44. The molecular formula is C49H42O6. The standard InChI is InChI=1S/C49H42O6/c1-47(2)54-45(48(39-25-13-5-14-26-39,40-27-15-6-16-28-40)52-43(50)35-33-37-21-9-3-10-22-37)46(55-47)49(41-29-17-7-18-30-41,42-31-19-8-20-32-42)53-44(51)36-34-38-23-11-4-12-24-38/h3-36,45-46H,1-2H3/b35-33+,36-34+/t45-,46?/m1/s1. The lowest BCUT2D eigenvalue weighted by Gasteiger charge is -2.45. The molecule has 0 aromatic heterocycles. The summed E-state index contributed by atoms with van der Waals surface area (Å²) in [5.41, 5.74) is 1.00.